The second-order valence-corrected chi connectivity index (χ2v) is 4.19. The Balaban J connectivity index is 3.34. The molecule has 0 fully saturated rings. The SMILES string of the molecule is C=CCOC(=S)SC(C)C. The van der Waals surface area contributed by atoms with Gasteiger partial charge in [-0.15, -0.1) is 0 Å². The number of rotatable bonds is 3. The summed E-state index contributed by atoms with van der Waals surface area (Å²) in [4.78, 5) is 0. The number of thioether (sulfide) groups is 1. The maximum Gasteiger partial charge on any atom is 0.220 e. The van der Waals surface area contributed by atoms with Crippen LogP contribution >= 0.6 is 24.0 Å². The number of ether oxygens (including phenoxy) is 1. The molecule has 0 bridgehead atoms. The van der Waals surface area contributed by atoms with E-state index in [0.717, 1.165) is 0 Å². The van der Waals surface area contributed by atoms with Crippen LogP contribution in [0.2, 0.25) is 0 Å². The van der Waals surface area contributed by atoms with Crippen molar-refractivity contribution in [3.63, 3.8) is 0 Å². The van der Waals surface area contributed by atoms with E-state index >= 15 is 0 Å². The Kier molecular flexibility index (Phi) is 5.73. The largest absolute Gasteiger partial charge is 0.474 e. The van der Waals surface area contributed by atoms with Gasteiger partial charge in [-0.25, -0.2) is 0 Å². The highest BCUT2D eigenvalue weighted by atomic mass is 32.2. The minimum atomic E-state index is 0.498. The van der Waals surface area contributed by atoms with E-state index in [1.165, 1.54) is 0 Å². The van der Waals surface area contributed by atoms with Gasteiger partial charge in [-0.3, -0.25) is 0 Å². The van der Waals surface area contributed by atoms with E-state index in [2.05, 4.69) is 20.4 Å². The molecule has 0 radical (unpaired) electrons. The maximum absolute atomic E-state index is 5.08. The van der Waals surface area contributed by atoms with Crippen molar-refractivity contribution in [1.82, 2.24) is 0 Å². The maximum atomic E-state index is 5.08. The molecule has 0 aliphatic heterocycles. The van der Waals surface area contributed by atoms with Gasteiger partial charge in [0.2, 0.25) is 4.38 Å². The molecule has 0 saturated heterocycles. The van der Waals surface area contributed by atoms with Crippen molar-refractivity contribution in [2.75, 3.05) is 6.61 Å². The third-order valence-corrected chi connectivity index (χ3v) is 1.84. The molecule has 0 heterocycles. The van der Waals surface area contributed by atoms with Crippen LogP contribution in [0.15, 0.2) is 12.7 Å². The molecule has 1 nitrogen and oxygen atoms in total. The van der Waals surface area contributed by atoms with Crippen LogP contribution in [0.3, 0.4) is 0 Å². The van der Waals surface area contributed by atoms with Crippen LogP contribution in [0.25, 0.3) is 0 Å². The Hall–Kier alpha value is -0.0200. The van der Waals surface area contributed by atoms with E-state index in [1.807, 2.05) is 0 Å². The van der Waals surface area contributed by atoms with Crippen LogP contribution in [0.5, 0.6) is 0 Å². The number of thiocarbonyl (C=S) groups is 1. The summed E-state index contributed by atoms with van der Waals surface area (Å²) in [7, 11) is 0. The molecule has 0 spiro atoms. The first kappa shape index (κ1) is 9.98. The Morgan fingerprint density at radius 2 is 2.40 bits per heavy atom. The lowest BCUT2D eigenvalue weighted by Crippen LogP contribution is -2.00. The lowest BCUT2D eigenvalue weighted by atomic mass is 10.6. The molecule has 0 aliphatic rings. The van der Waals surface area contributed by atoms with E-state index in [4.69, 9.17) is 17.0 Å². The van der Waals surface area contributed by atoms with E-state index in [-0.39, 0.29) is 0 Å². The fraction of sp³-hybridized carbons (Fsp3) is 0.571. The standard InChI is InChI=1S/C7H12OS2/c1-4-5-8-7(9)10-6(2)3/h4,6H,1,5H2,2-3H3. The molecular weight excluding hydrogens is 164 g/mol. The molecule has 0 rings (SSSR count). The third kappa shape index (κ3) is 6.11. The molecular formula is C7H12OS2. The average Bonchev–Trinajstić information content (AvgIpc) is 1.82. The van der Waals surface area contributed by atoms with Gasteiger partial charge in [-0.05, 0) is 12.2 Å². The van der Waals surface area contributed by atoms with Gasteiger partial charge in [0.1, 0.15) is 6.61 Å². The number of hydrogen-bond donors (Lipinski definition) is 0. The Morgan fingerprint density at radius 3 is 2.80 bits per heavy atom. The number of hydrogen-bond acceptors (Lipinski definition) is 3. The van der Waals surface area contributed by atoms with Crippen molar-refractivity contribution >= 4 is 28.4 Å². The van der Waals surface area contributed by atoms with Gasteiger partial charge >= 0.3 is 0 Å². The summed E-state index contributed by atoms with van der Waals surface area (Å²) in [5.74, 6) is 0. The molecule has 0 aromatic rings. The third-order valence-electron chi connectivity index (χ3n) is 0.651. The van der Waals surface area contributed by atoms with Gasteiger partial charge in [0, 0.05) is 5.25 Å². The fourth-order valence-corrected chi connectivity index (χ4v) is 1.52. The van der Waals surface area contributed by atoms with E-state index in [1.54, 1.807) is 17.8 Å². The van der Waals surface area contributed by atoms with Crippen molar-refractivity contribution in [2.45, 2.75) is 19.1 Å². The van der Waals surface area contributed by atoms with Gasteiger partial charge in [-0.2, -0.15) is 0 Å². The summed E-state index contributed by atoms with van der Waals surface area (Å²) in [5.41, 5.74) is 0. The first-order valence-corrected chi connectivity index (χ1v) is 4.40. The van der Waals surface area contributed by atoms with E-state index in [9.17, 15) is 0 Å². The minimum absolute atomic E-state index is 0.498. The van der Waals surface area contributed by atoms with Crippen molar-refractivity contribution in [3.8, 4) is 0 Å². The molecule has 0 atom stereocenters. The highest BCUT2D eigenvalue weighted by molar-refractivity contribution is 8.22. The van der Waals surface area contributed by atoms with Crippen LogP contribution in [0.1, 0.15) is 13.8 Å². The lowest BCUT2D eigenvalue weighted by molar-refractivity contribution is 0.371. The Labute approximate surface area is 71.8 Å². The Bertz CT molecular complexity index is 121. The normalized spacial score (nSPS) is 9.50. The molecule has 0 aromatic heterocycles. The van der Waals surface area contributed by atoms with Gasteiger partial charge in [0.25, 0.3) is 0 Å². The zero-order valence-corrected chi connectivity index (χ0v) is 7.93. The van der Waals surface area contributed by atoms with Crippen LogP contribution in [-0.4, -0.2) is 16.2 Å². The van der Waals surface area contributed by atoms with Crippen LogP contribution < -0.4 is 0 Å². The minimum Gasteiger partial charge on any atom is -0.474 e. The molecule has 0 N–H and O–H groups in total. The molecule has 0 aromatic carbocycles. The molecule has 0 saturated carbocycles. The average molecular weight is 176 g/mol. The summed E-state index contributed by atoms with van der Waals surface area (Å²) in [6.45, 7) is 8.19. The summed E-state index contributed by atoms with van der Waals surface area (Å²) >= 11 is 6.44. The lowest BCUT2D eigenvalue weighted by Gasteiger charge is -2.05. The van der Waals surface area contributed by atoms with Gasteiger partial charge < -0.3 is 4.74 Å². The van der Waals surface area contributed by atoms with E-state index in [0.29, 0.717) is 16.2 Å². The summed E-state index contributed by atoms with van der Waals surface area (Å²) in [6, 6.07) is 0. The molecule has 0 amide bonds. The van der Waals surface area contributed by atoms with Crippen LogP contribution in [-0.2, 0) is 4.74 Å². The van der Waals surface area contributed by atoms with Crippen molar-refractivity contribution < 1.29 is 4.74 Å². The van der Waals surface area contributed by atoms with Crippen molar-refractivity contribution in [2.24, 2.45) is 0 Å². The monoisotopic (exact) mass is 176 g/mol. The van der Waals surface area contributed by atoms with Crippen molar-refractivity contribution in [1.29, 1.82) is 0 Å². The molecule has 58 valence electrons. The summed E-state index contributed by atoms with van der Waals surface area (Å²) in [5, 5.41) is 0.498. The zero-order chi connectivity index (χ0) is 7.98. The summed E-state index contributed by atoms with van der Waals surface area (Å²) < 4.78 is 5.68. The first-order chi connectivity index (χ1) is 4.66. The predicted molar refractivity (Wildman–Crippen MR) is 51.5 cm³/mol. The Morgan fingerprint density at radius 1 is 1.80 bits per heavy atom. The van der Waals surface area contributed by atoms with Crippen LogP contribution in [0, 0.1) is 0 Å². The second-order valence-electron chi connectivity index (χ2n) is 2.02. The molecule has 10 heavy (non-hydrogen) atoms. The van der Waals surface area contributed by atoms with Crippen molar-refractivity contribution in [3.05, 3.63) is 12.7 Å². The smallest absolute Gasteiger partial charge is 0.220 e. The molecule has 0 unspecified atom stereocenters. The summed E-state index contributed by atoms with van der Waals surface area (Å²) in [6.07, 6.45) is 1.69. The molecule has 0 aliphatic carbocycles. The molecule has 3 heteroatoms. The van der Waals surface area contributed by atoms with Gasteiger partial charge in [0.05, 0.1) is 0 Å². The highest BCUT2D eigenvalue weighted by Gasteiger charge is 1.99. The zero-order valence-electron chi connectivity index (χ0n) is 6.29. The quantitative estimate of drug-likeness (QED) is 0.483. The fourth-order valence-electron chi connectivity index (χ4n) is 0.353. The predicted octanol–water partition coefficient (Wildman–Crippen LogP) is 2.62. The highest BCUT2D eigenvalue weighted by Crippen LogP contribution is 2.12. The van der Waals surface area contributed by atoms with Gasteiger partial charge in [0.15, 0.2) is 0 Å². The van der Waals surface area contributed by atoms with Gasteiger partial charge in [-0.1, -0.05) is 38.3 Å². The van der Waals surface area contributed by atoms with Crippen LogP contribution in [0.4, 0.5) is 0 Å². The van der Waals surface area contributed by atoms with E-state index < -0.39 is 0 Å². The first-order valence-electron chi connectivity index (χ1n) is 3.11. The second kappa shape index (κ2) is 5.74. The topological polar surface area (TPSA) is 9.23 Å².